The number of hydrogen-bond acceptors (Lipinski definition) is 6. The molecule has 3 heterocycles. The lowest BCUT2D eigenvalue weighted by atomic mass is 10.1. The highest BCUT2D eigenvalue weighted by Crippen LogP contribution is 2.31. The van der Waals surface area contributed by atoms with Crippen LogP contribution < -0.4 is 10.2 Å². The van der Waals surface area contributed by atoms with Crippen molar-refractivity contribution in [2.45, 2.75) is 6.18 Å². The number of nitrogens with zero attached hydrogens (tertiary/aromatic N) is 4. The van der Waals surface area contributed by atoms with Crippen molar-refractivity contribution < 1.29 is 18.0 Å². The summed E-state index contributed by atoms with van der Waals surface area (Å²) in [6.07, 6.45) is -0.973. The quantitative estimate of drug-likeness (QED) is 0.606. The molecular weight excluding hydrogens is 439 g/mol. The van der Waals surface area contributed by atoms with Crippen LogP contribution in [0.3, 0.4) is 0 Å². The summed E-state index contributed by atoms with van der Waals surface area (Å²) in [5.74, 6) is -0.218. The maximum atomic E-state index is 12.9. The van der Waals surface area contributed by atoms with Gasteiger partial charge in [-0.2, -0.15) is 13.2 Å². The smallest absolute Gasteiger partial charge is 0.369 e. The highest BCUT2D eigenvalue weighted by molar-refractivity contribution is 7.13. The first-order valence-corrected chi connectivity index (χ1v) is 11.1. The van der Waals surface area contributed by atoms with Crippen molar-refractivity contribution in [3.8, 4) is 10.6 Å². The molecule has 2 aromatic heterocycles. The van der Waals surface area contributed by atoms with Gasteiger partial charge in [0, 0.05) is 68.3 Å². The number of thiazole rings is 1. The largest absolute Gasteiger partial charge is 0.416 e. The van der Waals surface area contributed by atoms with Gasteiger partial charge in [-0.15, -0.1) is 11.3 Å². The average molecular weight is 462 g/mol. The van der Waals surface area contributed by atoms with Crippen LogP contribution in [0.25, 0.3) is 10.6 Å². The lowest BCUT2D eigenvalue weighted by Crippen LogP contribution is -2.48. The topological polar surface area (TPSA) is 61.4 Å². The van der Waals surface area contributed by atoms with Crippen molar-refractivity contribution in [1.82, 2.24) is 20.2 Å². The van der Waals surface area contributed by atoms with Gasteiger partial charge in [0.15, 0.2) is 0 Å². The van der Waals surface area contributed by atoms with E-state index in [0.29, 0.717) is 37.6 Å². The van der Waals surface area contributed by atoms with Gasteiger partial charge in [0.05, 0.1) is 5.56 Å². The Morgan fingerprint density at radius 2 is 1.84 bits per heavy atom. The molecule has 0 spiro atoms. The number of aromatic nitrogens is 2. The number of benzene rings is 1. The SMILES string of the molecule is O=C(NCCN1CCN(c2cccc(C(F)(F)F)c2)CC1)c1csc(-c2ccncc2)n1. The van der Waals surface area contributed by atoms with E-state index >= 15 is 0 Å². The van der Waals surface area contributed by atoms with Gasteiger partial charge >= 0.3 is 6.18 Å². The van der Waals surface area contributed by atoms with Crippen LogP contribution in [-0.4, -0.2) is 60.0 Å². The third-order valence-corrected chi connectivity index (χ3v) is 6.18. The standard InChI is InChI=1S/C22H22F3N5OS/c23-22(24,25)17-2-1-3-18(14-17)30-12-10-29(11-13-30)9-8-27-20(31)19-15-32-21(28-19)16-4-6-26-7-5-16/h1-7,14-15H,8-13H2,(H,27,31). The number of halogens is 3. The molecule has 1 saturated heterocycles. The number of anilines is 1. The van der Waals surface area contributed by atoms with Gasteiger partial charge in [-0.05, 0) is 30.3 Å². The second kappa shape index (κ2) is 9.66. The van der Waals surface area contributed by atoms with Crippen LogP contribution in [0.1, 0.15) is 16.1 Å². The maximum absolute atomic E-state index is 12.9. The molecule has 0 bridgehead atoms. The number of nitrogens with one attached hydrogen (secondary N) is 1. The molecule has 0 unspecified atom stereocenters. The van der Waals surface area contributed by atoms with Crippen molar-refractivity contribution in [2.24, 2.45) is 0 Å². The minimum atomic E-state index is -4.34. The van der Waals surface area contributed by atoms with Crippen LogP contribution in [0.4, 0.5) is 18.9 Å². The highest BCUT2D eigenvalue weighted by atomic mass is 32.1. The number of piperazine rings is 1. The average Bonchev–Trinajstić information content (AvgIpc) is 3.30. The second-order valence-electron chi connectivity index (χ2n) is 7.41. The molecule has 0 saturated carbocycles. The minimum absolute atomic E-state index is 0.218. The van der Waals surface area contributed by atoms with E-state index in [1.807, 2.05) is 17.0 Å². The number of pyridine rings is 1. The van der Waals surface area contributed by atoms with Gasteiger partial charge in [0.1, 0.15) is 10.7 Å². The van der Waals surface area contributed by atoms with Crippen molar-refractivity contribution in [2.75, 3.05) is 44.2 Å². The van der Waals surface area contributed by atoms with Gasteiger partial charge in [0.25, 0.3) is 5.91 Å². The number of amides is 1. The van der Waals surface area contributed by atoms with Gasteiger partial charge < -0.3 is 10.2 Å². The second-order valence-corrected chi connectivity index (χ2v) is 8.26. The third-order valence-electron chi connectivity index (χ3n) is 5.29. The van der Waals surface area contributed by atoms with Crippen molar-refractivity contribution in [3.63, 3.8) is 0 Å². The lowest BCUT2D eigenvalue weighted by Gasteiger charge is -2.36. The van der Waals surface area contributed by atoms with Gasteiger partial charge in [-0.25, -0.2) is 4.98 Å². The maximum Gasteiger partial charge on any atom is 0.416 e. The lowest BCUT2D eigenvalue weighted by molar-refractivity contribution is -0.137. The molecule has 1 fully saturated rings. The van der Waals surface area contributed by atoms with Crippen LogP contribution in [0.15, 0.2) is 54.2 Å². The van der Waals surface area contributed by atoms with E-state index in [1.165, 1.54) is 23.5 Å². The van der Waals surface area contributed by atoms with Crippen LogP contribution >= 0.6 is 11.3 Å². The third kappa shape index (κ3) is 5.43. The van der Waals surface area contributed by atoms with Crippen LogP contribution in [0, 0.1) is 0 Å². The molecule has 0 atom stereocenters. The Kier molecular flexibility index (Phi) is 6.71. The van der Waals surface area contributed by atoms with E-state index in [4.69, 9.17) is 0 Å². The van der Waals surface area contributed by atoms with Crippen LogP contribution in [-0.2, 0) is 6.18 Å². The summed E-state index contributed by atoms with van der Waals surface area (Å²) in [6.45, 7) is 3.85. The Balaban J connectivity index is 1.23. The molecule has 10 heteroatoms. The number of alkyl halides is 3. The molecule has 6 nitrogen and oxygen atoms in total. The molecule has 3 aromatic rings. The molecule has 32 heavy (non-hydrogen) atoms. The Bertz CT molecular complexity index is 1050. The van der Waals surface area contributed by atoms with Gasteiger partial charge in [-0.1, -0.05) is 6.07 Å². The highest BCUT2D eigenvalue weighted by Gasteiger charge is 2.31. The zero-order valence-corrected chi connectivity index (χ0v) is 18.0. The molecule has 1 aliphatic heterocycles. The van der Waals surface area contributed by atoms with E-state index in [2.05, 4.69) is 20.2 Å². The first kappa shape index (κ1) is 22.2. The van der Waals surface area contributed by atoms with Crippen molar-refractivity contribution >= 4 is 22.9 Å². The van der Waals surface area contributed by atoms with E-state index in [0.717, 1.165) is 29.7 Å². The Hall–Kier alpha value is -2.98. The monoisotopic (exact) mass is 461 g/mol. The van der Waals surface area contributed by atoms with Crippen molar-refractivity contribution in [1.29, 1.82) is 0 Å². The van der Waals surface area contributed by atoms with E-state index < -0.39 is 11.7 Å². The van der Waals surface area contributed by atoms with E-state index in [9.17, 15) is 18.0 Å². The fourth-order valence-electron chi connectivity index (χ4n) is 3.53. The zero-order chi connectivity index (χ0) is 22.6. The van der Waals surface area contributed by atoms with Gasteiger partial charge in [0.2, 0.25) is 0 Å². The number of carbonyl (C=O) groups excluding carboxylic acids is 1. The minimum Gasteiger partial charge on any atom is -0.369 e. The molecule has 0 aliphatic carbocycles. The Labute approximate surface area is 187 Å². The number of carbonyl (C=O) groups is 1. The molecule has 1 aliphatic rings. The predicted octanol–water partition coefficient (Wildman–Crippen LogP) is 3.78. The first-order valence-electron chi connectivity index (χ1n) is 10.2. The zero-order valence-electron chi connectivity index (χ0n) is 17.2. The van der Waals surface area contributed by atoms with Crippen LogP contribution in [0.5, 0.6) is 0 Å². The van der Waals surface area contributed by atoms with Crippen LogP contribution in [0.2, 0.25) is 0 Å². The Morgan fingerprint density at radius 3 is 2.56 bits per heavy atom. The molecule has 1 N–H and O–H groups in total. The van der Waals surface area contributed by atoms with E-state index in [-0.39, 0.29) is 5.91 Å². The molecular formula is C22H22F3N5OS. The Morgan fingerprint density at radius 1 is 1.09 bits per heavy atom. The molecule has 1 amide bonds. The van der Waals surface area contributed by atoms with Gasteiger partial charge in [-0.3, -0.25) is 14.7 Å². The fourth-order valence-corrected chi connectivity index (χ4v) is 4.34. The normalized spacial score (nSPS) is 15.0. The molecule has 0 radical (unpaired) electrons. The fraction of sp³-hybridized carbons (Fsp3) is 0.318. The first-order chi connectivity index (χ1) is 15.4. The summed E-state index contributed by atoms with van der Waals surface area (Å²) in [7, 11) is 0. The molecule has 1 aromatic carbocycles. The summed E-state index contributed by atoms with van der Waals surface area (Å²) < 4.78 is 38.8. The summed E-state index contributed by atoms with van der Waals surface area (Å²) in [4.78, 5) is 24.9. The molecule has 168 valence electrons. The van der Waals surface area contributed by atoms with E-state index in [1.54, 1.807) is 23.8 Å². The number of hydrogen-bond donors (Lipinski definition) is 1. The molecule has 4 rings (SSSR count). The summed E-state index contributed by atoms with van der Waals surface area (Å²) in [6, 6.07) is 9.13. The summed E-state index contributed by atoms with van der Waals surface area (Å²) >= 11 is 1.41. The predicted molar refractivity (Wildman–Crippen MR) is 118 cm³/mol. The summed E-state index contributed by atoms with van der Waals surface area (Å²) in [5, 5.41) is 5.39. The number of rotatable bonds is 6. The van der Waals surface area contributed by atoms with Crippen molar-refractivity contribution in [3.05, 3.63) is 65.4 Å². The summed E-state index contributed by atoms with van der Waals surface area (Å²) in [5.41, 5.74) is 1.26.